The van der Waals surface area contributed by atoms with Crippen LogP contribution in [0, 0.1) is 6.92 Å². The minimum atomic E-state index is 0.667. The van der Waals surface area contributed by atoms with Gasteiger partial charge < -0.3 is 5.32 Å². The van der Waals surface area contributed by atoms with Gasteiger partial charge in [0.05, 0.1) is 16.4 Å². The Hall–Kier alpha value is -2.40. The Balaban J connectivity index is 1.82. The maximum atomic E-state index is 6.24. The molecule has 3 aromatic rings. The summed E-state index contributed by atoms with van der Waals surface area (Å²) in [6.45, 7) is 2.81. The maximum absolute atomic E-state index is 6.24. The van der Waals surface area contributed by atoms with E-state index in [4.69, 9.17) is 11.6 Å². The maximum Gasteiger partial charge on any atom is 0.143 e. The molecule has 0 unspecified atom stereocenters. The van der Waals surface area contributed by atoms with Crippen molar-refractivity contribution in [2.75, 3.05) is 5.32 Å². The van der Waals surface area contributed by atoms with Crippen LogP contribution in [-0.2, 0) is 6.54 Å². The molecule has 0 saturated carbocycles. The fourth-order valence-electron chi connectivity index (χ4n) is 2.07. The second kappa shape index (κ2) is 5.93. The summed E-state index contributed by atoms with van der Waals surface area (Å²) in [6.07, 6.45) is 1.55. The third-order valence-electron chi connectivity index (χ3n) is 3.29. The van der Waals surface area contributed by atoms with Crippen molar-refractivity contribution in [3.8, 4) is 5.69 Å². The van der Waals surface area contributed by atoms with E-state index in [0.29, 0.717) is 11.6 Å². The van der Waals surface area contributed by atoms with Gasteiger partial charge in [0, 0.05) is 6.54 Å². The molecule has 6 heteroatoms. The van der Waals surface area contributed by atoms with Gasteiger partial charge in [0.25, 0.3) is 0 Å². The average Bonchev–Trinajstić information content (AvgIpc) is 3.02. The largest absolute Gasteiger partial charge is 0.380 e. The van der Waals surface area contributed by atoms with Crippen molar-refractivity contribution in [2.24, 2.45) is 0 Å². The molecule has 0 aliphatic rings. The Kier molecular flexibility index (Phi) is 3.83. The van der Waals surface area contributed by atoms with E-state index in [9.17, 15) is 0 Å². The fraction of sp³-hybridized carbons (Fsp3) is 0.133. The zero-order valence-corrected chi connectivity index (χ0v) is 12.2. The van der Waals surface area contributed by atoms with Crippen LogP contribution in [0.2, 0.25) is 5.02 Å². The first kappa shape index (κ1) is 13.6. The molecule has 2 aromatic carbocycles. The van der Waals surface area contributed by atoms with Gasteiger partial charge in [-0.3, -0.25) is 0 Å². The molecule has 0 aliphatic carbocycles. The first-order chi connectivity index (χ1) is 10.2. The third-order valence-corrected chi connectivity index (χ3v) is 3.62. The summed E-state index contributed by atoms with van der Waals surface area (Å²) in [6, 6.07) is 13.9. The molecule has 0 aliphatic heterocycles. The van der Waals surface area contributed by atoms with E-state index < -0.39 is 0 Å². The number of hydrogen-bond donors (Lipinski definition) is 1. The lowest BCUT2D eigenvalue weighted by atomic mass is 10.1. The van der Waals surface area contributed by atoms with Gasteiger partial charge in [-0.2, -0.15) is 0 Å². The van der Waals surface area contributed by atoms with Gasteiger partial charge in [0.15, 0.2) is 0 Å². The SMILES string of the molecule is Cc1ccccc1CNc1cc(-n2cnnn2)ccc1Cl. The molecule has 0 amide bonds. The number of hydrogen-bond acceptors (Lipinski definition) is 4. The number of anilines is 1. The molecular formula is C15H14ClN5. The summed E-state index contributed by atoms with van der Waals surface area (Å²) in [5.74, 6) is 0. The van der Waals surface area contributed by atoms with Gasteiger partial charge in [-0.05, 0) is 46.7 Å². The monoisotopic (exact) mass is 299 g/mol. The van der Waals surface area contributed by atoms with E-state index in [-0.39, 0.29) is 0 Å². The molecule has 1 heterocycles. The molecule has 1 aromatic heterocycles. The first-order valence-electron chi connectivity index (χ1n) is 6.55. The summed E-state index contributed by atoms with van der Waals surface area (Å²) in [5.41, 5.74) is 4.20. The van der Waals surface area contributed by atoms with Crippen molar-refractivity contribution >= 4 is 17.3 Å². The molecule has 106 valence electrons. The van der Waals surface area contributed by atoms with Gasteiger partial charge in [-0.25, -0.2) is 4.68 Å². The Morgan fingerprint density at radius 1 is 1.19 bits per heavy atom. The summed E-state index contributed by atoms with van der Waals surface area (Å²) in [5, 5.41) is 15.2. The Morgan fingerprint density at radius 3 is 2.81 bits per heavy atom. The van der Waals surface area contributed by atoms with Crippen LogP contribution in [0.1, 0.15) is 11.1 Å². The Morgan fingerprint density at radius 2 is 2.05 bits per heavy atom. The average molecular weight is 300 g/mol. The zero-order chi connectivity index (χ0) is 14.7. The molecule has 0 spiro atoms. The highest BCUT2D eigenvalue weighted by molar-refractivity contribution is 6.33. The van der Waals surface area contributed by atoms with Crippen LogP contribution < -0.4 is 5.32 Å². The lowest BCUT2D eigenvalue weighted by Crippen LogP contribution is -2.03. The van der Waals surface area contributed by atoms with Crippen LogP contribution >= 0.6 is 11.6 Å². The van der Waals surface area contributed by atoms with E-state index in [1.807, 2.05) is 30.3 Å². The van der Waals surface area contributed by atoms with Crippen molar-refractivity contribution < 1.29 is 0 Å². The minimum absolute atomic E-state index is 0.667. The fourth-order valence-corrected chi connectivity index (χ4v) is 2.25. The number of nitrogens with zero attached hydrogens (tertiary/aromatic N) is 4. The summed E-state index contributed by atoms with van der Waals surface area (Å²) in [4.78, 5) is 0. The summed E-state index contributed by atoms with van der Waals surface area (Å²) < 4.78 is 1.59. The van der Waals surface area contributed by atoms with Crippen molar-refractivity contribution in [1.29, 1.82) is 0 Å². The standard InChI is InChI=1S/C15H14ClN5/c1-11-4-2-3-5-12(11)9-17-15-8-13(6-7-14(15)16)21-10-18-19-20-21/h2-8,10,17H,9H2,1H3. The number of halogens is 1. The van der Waals surface area contributed by atoms with E-state index in [1.165, 1.54) is 11.1 Å². The van der Waals surface area contributed by atoms with Gasteiger partial charge in [-0.1, -0.05) is 35.9 Å². The van der Waals surface area contributed by atoms with E-state index in [0.717, 1.165) is 11.4 Å². The summed E-state index contributed by atoms with van der Waals surface area (Å²) >= 11 is 6.24. The lowest BCUT2D eigenvalue weighted by molar-refractivity contribution is 0.789. The predicted octanol–water partition coefficient (Wildman–Crippen LogP) is 3.24. The summed E-state index contributed by atoms with van der Waals surface area (Å²) in [7, 11) is 0. The van der Waals surface area contributed by atoms with Gasteiger partial charge in [0.2, 0.25) is 0 Å². The van der Waals surface area contributed by atoms with Crippen LogP contribution in [0.5, 0.6) is 0 Å². The lowest BCUT2D eigenvalue weighted by Gasteiger charge is -2.11. The van der Waals surface area contributed by atoms with Crippen LogP contribution in [-0.4, -0.2) is 20.2 Å². The number of rotatable bonds is 4. The van der Waals surface area contributed by atoms with Gasteiger partial charge in [0.1, 0.15) is 6.33 Å². The minimum Gasteiger partial charge on any atom is -0.380 e. The smallest absolute Gasteiger partial charge is 0.143 e. The second-order valence-electron chi connectivity index (χ2n) is 4.70. The molecule has 0 fully saturated rings. The number of benzene rings is 2. The van der Waals surface area contributed by atoms with E-state index in [1.54, 1.807) is 11.0 Å². The van der Waals surface area contributed by atoms with Crippen molar-refractivity contribution in [3.05, 3.63) is 64.9 Å². The Labute approximate surface area is 127 Å². The van der Waals surface area contributed by atoms with Crippen molar-refractivity contribution in [2.45, 2.75) is 13.5 Å². The van der Waals surface area contributed by atoms with Crippen molar-refractivity contribution in [3.63, 3.8) is 0 Å². The number of nitrogens with one attached hydrogen (secondary N) is 1. The predicted molar refractivity (Wildman–Crippen MR) is 82.7 cm³/mol. The first-order valence-corrected chi connectivity index (χ1v) is 6.93. The molecule has 0 atom stereocenters. The van der Waals surface area contributed by atoms with E-state index in [2.05, 4.69) is 39.9 Å². The molecule has 1 N–H and O–H groups in total. The second-order valence-corrected chi connectivity index (χ2v) is 5.11. The van der Waals surface area contributed by atoms with Gasteiger partial charge >= 0.3 is 0 Å². The topological polar surface area (TPSA) is 55.6 Å². The normalized spacial score (nSPS) is 10.6. The molecule has 0 radical (unpaired) electrons. The van der Waals surface area contributed by atoms with Crippen LogP contribution in [0.25, 0.3) is 5.69 Å². The van der Waals surface area contributed by atoms with E-state index >= 15 is 0 Å². The Bertz CT molecular complexity index is 740. The highest BCUT2D eigenvalue weighted by Gasteiger charge is 2.05. The van der Waals surface area contributed by atoms with Crippen LogP contribution in [0.3, 0.4) is 0 Å². The highest BCUT2D eigenvalue weighted by atomic mass is 35.5. The number of aryl methyl sites for hydroxylation is 1. The number of aromatic nitrogens is 4. The molecule has 3 rings (SSSR count). The van der Waals surface area contributed by atoms with Crippen LogP contribution in [0.4, 0.5) is 5.69 Å². The third kappa shape index (κ3) is 3.03. The zero-order valence-electron chi connectivity index (χ0n) is 11.5. The number of tetrazole rings is 1. The quantitative estimate of drug-likeness (QED) is 0.803. The molecule has 0 bridgehead atoms. The molecule has 5 nitrogen and oxygen atoms in total. The molecular weight excluding hydrogens is 286 g/mol. The molecule has 21 heavy (non-hydrogen) atoms. The van der Waals surface area contributed by atoms with Crippen LogP contribution in [0.15, 0.2) is 48.8 Å². The highest BCUT2D eigenvalue weighted by Crippen LogP contribution is 2.25. The molecule has 0 saturated heterocycles. The van der Waals surface area contributed by atoms with Crippen molar-refractivity contribution in [1.82, 2.24) is 20.2 Å². The van der Waals surface area contributed by atoms with Gasteiger partial charge in [-0.15, -0.1) is 5.10 Å².